The lowest BCUT2D eigenvalue weighted by Gasteiger charge is -2.36. The van der Waals surface area contributed by atoms with Crippen LogP contribution in [0.2, 0.25) is 0 Å². The number of nitrogens with zero attached hydrogens (tertiary/aromatic N) is 4. The molecule has 0 unspecified atom stereocenters. The Morgan fingerprint density at radius 3 is 2.31 bits per heavy atom. The fourth-order valence-corrected chi connectivity index (χ4v) is 4.19. The molecule has 8 heteroatoms. The van der Waals surface area contributed by atoms with Crippen LogP contribution in [-0.4, -0.2) is 61.3 Å². The number of aromatic nitrogens is 2. The predicted octanol–water partition coefficient (Wildman–Crippen LogP) is 4.67. The topological polar surface area (TPSA) is 79.8 Å². The number of methoxy groups -OCH3 is 2. The number of benzene rings is 3. The van der Waals surface area contributed by atoms with Gasteiger partial charge in [0.2, 0.25) is 0 Å². The third-order valence-corrected chi connectivity index (χ3v) is 6.12. The number of ether oxygens (including phenoxy) is 2. The standard InChI is InChI=1S/C27H27N5O3/c1-34-21-12-10-19(11-13-21)25-29-24-9-4-3-8-23(24)26(30-25)31-14-16-32(17-15-31)27(33)28-20-6-5-7-22(18-20)35-2/h3-13,18H,14-17H2,1-2H3,(H,28,33). The van der Waals surface area contributed by atoms with Crippen molar-refractivity contribution in [3.63, 3.8) is 0 Å². The largest absolute Gasteiger partial charge is 0.497 e. The van der Waals surface area contributed by atoms with Gasteiger partial charge < -0.3 is 24.6 Å². The molecule has 4 aromatic rings. The lowest BCUT2D eigenvalue weighted by molar-refractivity contribution is 0.208. The molecule has 2 amide bonds. The zero-order valence-corrected chi connectivity index (χ0v) is 19.8. The SMILES string of the molecule is COc1ccc(-c2nc(N3CCN(C(=O)Nc4cccc(OC)c4)CC3)c3ccccc3n2)cc1. The van der Waals surface area contributed by atoms with Crippen molar-refractivity contribution in [1.29, 1.82) is 0 Å². The Morgan fingerprint density at radius 1 is 0.829 bits per heavy atom. The number of hydrogen-bond donors (Lipinski definition) is 1. The molecule has 1 fully saturated rings. The lowest BCUT2D eigenvalue weighted by Crippen LogP contribution is -2.50. The summed E-state index contributed by atoms with van der Waals surface area (Å²) in [6, 6.07) is 23.0. The molecule has 0 radical (unpaired) electrons. The van der Waals surface area contributed by atoms with Crippen molar-refractivity contribution in [3.8, 4) is 22.9 Å². The van der Waals surface area contributed by atoms with Gasteiger partial charge in [0.05, 0.1) is 19.7 Å². The first-order chi connectivity index (χ1) is 17.1. The Kier molecular flexibility index (Phi) is 6.34. The highest BCUT2D eigenvalue weighted by atomic mass is 16.5. The molecule has 8 nitrogen and oxygen atoms in total. The summed E-state index contributed by atoms with van der Waals surface area (Å²) in [7, 11) is 3.26. The van der Waals surface area contributed by atoms with Crippen LogP contribution >= 0.6 is 0 Å². The summed E-state index contributed by atoms with van der Waals surface area (Å²) in [6.45, 7) is 2.53. The average Bonchev–Trinajstić information content (AvgIpc) is 2.92. The minimum Gasteiger partial charge on any atom is -0.497 e. The summed E-state index contributed by atoms with van der Waals surface area (Å²) in [5, 5.41) is 3.96. The van der Waals surface area contributed by atoms with Gasteiger partial charge in [-0.15, -0.1) is 0 Å². The van der Waals surface area contributed by atoms with Gasteiger partial charge in [-0.05, 0) is 48.5 Å². The second-order valence-electron chi connectivity index (χ2n) is 8.25. The van der Waals surface area contributed by atoms with Crippen LogP contribution in [0.25, 0.3) is 22.3 Å². The van der Waals surface area contributed by atoms with E-state index in [0.29, 0.717) is 43.4 Å². The van der Waals surface area contributed by atoms with Gasteiger partial charge in [-0.2, -0.15) is 0 Å². The van der Waals surface area contributed by atoms with Crippen LogP contribution in [0.4, 0.5) is 16.3 Å². The molecular formula is C27H27N5O3. The number of fused-ring (bicyclic) bond motifs is 1. The molecule has 0 bridgehead atoms. The second kappa shape index (κ2) is 9.89. The molecule has 0 spiro atoms. The fraction of sp³-hybridized carbons (Fsp3) is 0.222. The van der Waals surface area contributed by atoms with Gasteiger partial charge in [0, 0.05) is 48.9 Å². The summed E-state index contributed by atoms with van der Waals surface area (Å²) in [5.74, 6) is 3.04. The maximum Gasteiger partial charge on any atom is 0.321 e. The Hall–Kier alpha value is -4.33. The predicted molar refractivity (Wildman–Crippen MR) is 137 cm³/mol. The molecule has 0 atom stereocenters. The van der Waals surface area contributed by atoms with Gasteiger partial charge in [-0.25, -0.2) is 14.8 Å². The lowest BCUT2D eigenvalue weighted by atomic mass is 10.1. The third kappa shape index (κ3) is 4.82. The van der Waals surface area contributed by atoms with Crippen LogP contribution < -0.4 is 19.7 Å². The number of urea groups is 1. The van der Waals surface area contributed by atoms with Gasteiger partial charge in [0.25, 0.3) is 0 Å². The number of carbonyl (C=O) groups is 1. The number of para-hydroxylation sites is 1. The first kappa shape index (κ1) is 22.5. The van der Waals surface area contributed by atoms with Crippen LogP contribution in [0.3, 0.4) is 0 Å². The maximum absolute atomic E-state index is 12.8. The molecule has 0 saturated carbocycles. The zero-order valence-electron chi connectivity index (χ0n) is 19.8. The van der Waals surface area contributed by atoms with E-state index in [0.717, 1.165) is 28.0 Å². The summed E-state index contributed by atoms with van der Waals surface area (Å²) < 4.78 is 10.5. The second-order valence-corrected chi connectivity index (χ2v) is 8.25. The molecule has 2 heterocycles. The number of amides is 2. The Bertz CT molecular complexity index is 1330. The van der Waals surface area contributed by atoms with Crippen LogP contribution in [0, 0.1) is 0 Å². The first-order valence-electron chi connectivity index (χ1n) is 11.5. The van der Waals surface area contributed by atoms with Gasteiger partial charge in [0.15, 0.2) is 5.82 Å². The van der Waals surface area contributed by atoms with Crippen LogP contribution in [0.5, 0.6) is 11.5 Å². The van der Waals surface area contributed by atoms with E-state index < -0.39 is 0 Å². The van der Waals surface area contributed by atoms with Crippen LogP contribution in [0.1, 0.15) is 0 Å². The molecule has 3 aromatic carbocycles. The van der Waals surface area contributed by atoms with Crippen molar-refractivity contribution in [1.82, 2.24) is 14.9 Å². The van der Waals surface area contributed by atoms with Crippen LogP contribution in [-0.2, 0) is 0 Å². The van der Waals surface area contributed by atoms with Gasteiger partial charge >= 0.3 is 6.03 Å². The highest BCUT2D eigenvalue weighted by Gasteiger charge is 2.24. The molecule has 35 heavy (non-hydrogen) atoms. The minimum absolute atomic E-state index is 0.121. The van der Waals surface area contributed by atoms with E-state index in [1.54, 1.807) is 14.2 Å². The van der Waals surface area contributed by atoms with Crippen molar-refractivity contribution in [2.24, 2.45) is 0 Å². The van der Waals surface area contributed by atoms with Gasteiger partial charge in [-0.3, -0.25) is 0 Å². The molecule has 5 rings (SSSR count). The Balaban J connectivity index is 1.34. The molecular weight excluding hydrogens is 442 g/mol. The number of piperazine rings is 1. The highest BCUT2D eigenvalue weighted by Crippen LogP contribution is 2.29. The monoisotopic (exact) mass is 469 g/mol. The van der Waals surface area contributed by atoms with E-state index in [2.05, 4.69) is 10.2 Å². The number of rotatable bonds is 5. The van der Waals surface area contributed by atoms with Crippen molar-refractivity contribution in [2.45, 2.75) is 0 Å². The van der Waals surface area contributed by atoms with E-state index in [1.165, 1.54) is 0 Å². The van der Waals surface area contributed by atoms with Crippen molar-refractivity contribution in [3.05, 3.63) is 72.8 Å². The summed E-state index contributed by atoms with van der Waals surface area (Å²) in [6.07, 6.45) is 0. The first-order valence-corrected chi connectivity index (χ1v) is 11.5. The van der Waals surface area contributed by atoms with E-state index >= 15 is 0 Å². The highest BCUT2D eigenvalue weighted by molar-refractivity contribution is 5.92. The van der Waals surface area contributed by atoms with E-state index in [4.69, 9.17) is 19.4 Å². The summed E-state index contributed by atoms with van der Waals surface area (Å²) >= 11 is 0. The summed E-state index contributed by atoms with van der Waals surface area (Å²) in [5.41, 5.74) is 2.53. The Labute approximate surface area is 204 Å². The summed E-state index contributed by atoms with van der Waals surface area (Å²) in [4.78, 5) is 26.6. The van der Waals surface area contributed by atoms with Crippen molar-refractivity contribution >= 4 is 28.4 Å². The van der Waals surface area contributed by atoms with Gasteiger partial charge in [0.1, 0.15) is 17.3 Å². The minimum atomic E-state index is -0.121. The smallest absolute Gasteiger partial charge is 0.321 e. The van der Waals surface area contributed by atoms with Gasteiger partial charge in [-0.1, -0.05) is 18.2 Å². The zero-order chi connectivity index (χ0) is 24.2. The fourth-order valence-electron chi connectivity index (χ4n) is 4.19. The van der Waals surface area contributed by atoms with E-state index in [1.807, 2.05) is 77.7 Å². The molecule has 178 valence electrons. The van der Waals surface area contributed by atoms with Crippen molar-refractivity contribution < 1.29 is 14.3 Å². The molecule has 1 aliphatic heterocycles. The van der Waals surface area contributed by atoms with E-state index in [-0.39, 0.29) is 6.03 Å². The molecule has 1 saturated heterocycles. The number of anilines is 2. The maximum atomic E-state index is 12.8. The van der Waals surface area contributed by atoms with E-state index in [9.17, 15) is 4.79 Å². The molecule has 1 aliphatic rings. The van der Waals surface area contributed by atoms with Crippen LogP contribution in [0.15, 0.2) is 72.8 Å². The Morgan fingerprint density at radius 2 is 1.57 bits per heavy atom. The third-order valence-electron chi connectivity index (χ3n) is 6.12. The number of carbonyl (C=O) groups excluding carboxylic acids is 1. The molecule has 1 aromatic heterocycles. The number of hydrogen-bond acceptors (Lipinski definition) is 6. The number of nitrogens with one attached hydrogen (secondary N) is 1. The molecule has 0 aliphatic carbocycles. The normalized spacial score (nSPS) is 13.5. The molecule has 1 N–H and O–H groups in total. The average molecular weight is 470 g/mol. The quantitative estimate of drug-likeness (QED) is 0.458. The van der Waals surface area contributed by atoms with Crippen molar-refractivity contribution in [2.75, 3.05) is 50.6 Å².